The van der Waals surface area contributed by atoms with Gasteiger partial charge in [-0.3, -0.25) is 0 Å². The van der Waals surface area contributed by atoms with Gasteiger partial charge in [-0.15, -0.1) is 0 Å². The molecule has 102 valence electrons. The lowest BCUT2D eigenvalue weighted by Gasteiger charge is -1.99. The zero-order chi connectivity index (χ0) is 13.9. The third-order valence-electron chi connectivity index (χ3n) is 3.16. The SMILES string of the molecule is Cc1cscc1-c1noc(-c2ccc(CCN)cc2)n1. The van der Waals surface area contributed by atoms with E-state index in [1.54, 1.807) is 11.3 Å². The quantitative estimate of drug-likeness (QED) is 0.799. The molecule has 0 aliphatic heterocycles. The van der Waals surface area contributed by atoms with Gasteiger partial charge in [0.15, 0.2) is 0 Å². The van der Waals surface area contributed by atoms with Crippen LogP contribution in [0.15, 0.2) is 39.5 Å². The summed E-state index contributed by atoms with van der Waals surface area (Å²) in [6.07, 6.45) is 0.878. The Morgan fingerprint density at radius 1 is 1.20 bits per heavy atom. The normalized spacial score (nSPS) is 10.9. The van der Waals surface area contributed by atoms with Crippen LogP contribution >= 0.6 is 11.3 Å². The molecule has 3 aromatic rings. The summed E-state index contributed by atoms with van der Waals surface area (Å²) in [7, 11) is 0. The third-order valence-corrected chi connectivity index (χ3v) is 4.02. The van der Waals surface area contributed by atoms with Crippen LogP contribution in [0.25, 0.3) is 22.8 Å². The second kappa shape index (κ2) is 5.56. The summed E-state index contributed by atoms with van der Waals surface area (Å²) in [5.41, 5.74) is 9.88. The number of nitrogens with two attached hydrogens (primary N) is 1. The molecular weight excluding hydrogens is 270 g/mol. The number of aromatic nitrogens is 2. The van der Waals surface area contributed by atoms with Crippen molar-refractivity contribution in [3.8, 4) is 22.8 Å². The lowest BCUT2D eigenvalue weighted by atomic mass is 10.1. The van der Waals surface area contributed by atoms with Crippen LogP contribution in [0.5, 0.6) is 0 Å². The monoisotopic (exact) mass is 285 g/mol. The van der Waals surface area contributed by atoms with Crippen molar-refractivity contribution in [2.24, 2.45) is 5.73 Å². The molecule has 2 heterocycles. The number of rotatable bonds is 4. The first-order valence-electron chi connectivity index (χ1n) is 6.44. The molecule has 0 radical (unpaired) electrons. The van der Waals surface area contributed by atoms with E-state index < -0.39 is 0 Å². The van der Waals surface area contributed by atoms with Crippen LogP contribution in [0.1, 0.15) is 11.1 Å². The van der Waals surface area contributed by atoms with E-state index in [1.165, 1.54) is 11.1 Å². The number of aryl methyl sites for hydroxylation is 1. The van der Waals surface area contributed by atoms with Crippen molar-refractivity contribution in [2.45, 2.75) is 13.3 Å². The Morgan fingerprint density at radius 3 is 2.65 bits per heavy atom. The highest BCUT2D eigenvalue weighted by molar-refractivity contribution is 7.08. The summed E-state index contributed by atoms with van der Waals surface area (Å²) < 4.78 is 5.35. The molecule has 5 heteroatoms. The van der Waals surface area contributed by atoms with Gasteiger partial charge in [-0.25, -0.2) is 0 Å². The highest BCUT2D eigenvalue weighted by atomic mass is 32.1. The fourth-order valence-electron chi connectivity index (χ4n) is 2.02. The molecule has 0 fully saturated rings. The summed E-state index contributed by atoms with van der Waals surface area (Å²) >= 11 is 1.64. The Labute approximate surface area is 121 Å². The zero-order valence-electron chi connectivity index (χ0n) is 11.2. The summed E-state index contributed by atoms with van der Waals surface area (Å²) in [4.78, 5) is 4.46. The minimum atomic E-state index is 0.546. The molecule has 4 nitrogen and oxygen atoms in total. The van der Waals surface area contributed by atoms with Crippen LogP contribution in [0.3, 0.4) is 0 Å². The predicted molar refractivity (Wildman–Crippen MR) is 80.5 cm³/mol. The molecule has 0 aliphatic rings. The summed E-state index contributed by atoms with van der Waals surface area (Å²) in [5, 5.41) is 8.17. The Bertz CT molecular complexity index is 700. The molecule has 0 bridgehead atoms. The van der Waals surface area contributed by atoms with Crippen LogP contribution in [-0.2, 0) is 6.42 Å². The van der Waals surface area contributed by atoms with Crippen molar-refractivity contribution in [1.29, 1.82) is 0 Å². The van der Waals surface area contributed by atoms with Gasteiger partial charge in [-0.05, 0) is 48.5 Å². The maximum atomic E-state index is 5.54. The molecule has 0 atom stereocenters. The molecule has 2 aromatic heterocycles. The average molecular weight is 285 g/mol. The molecule has 0 amide bonds. The molecule has 1 aromatic carbocycles. The van der Waals surface area contributed by atoms with Gasteiger partial charge in [0.05, 0.1) is 0 Å². The fourth-order valence-corrected chi connectivity index (χ4v) is 2.85. The Morgan fingerprint density at radius 2 is 2.00 bits per heavy atom. The molecule has 0 saturated heterocycles. The first kappa shape index (κ1) is 13.0. The Balaban J connectivity index is 1.88. The number of nitrogens with zero attached hydrogens (tertiary/aromatic N) is 2. The first-order chi connectivity index (χ1) is 9.78. The van der Waals surface area contributed by atoms with Gasteiger partial charge in [0, 0.05) is 16.5 Å². The summed E-state index contributed by atoms with van der Waals surface area (Å²) in [6, 6.07) is 8.06. The molecule has 3 rings (SSSR count). The van der Waals surface area contributed by atoms with Crippen molar-refractivity contribution in [2.75, 3.05) is 6.54 Å². The third kappa shape index (κ3) is 2.50. The highest BCUT2D eigenvalue weighted by Crippen LogP contribution is 2.27. The standard InChI is InChI=1S/C15H15N3OS/c1-10-8-20-9-13(10)14-17-15(19-18-14)12-4-2-11(3-5-12)6-7-16/h2-5,8-9H,6-7,16H2,1H3. The largest absolute Gasteiger partial charge is 0.334 e. The van der Waals surface area contributed by atoms with E-state index in [-0.39, 0.29) is 0 Å². The van der Waals surface area contributed by atoms with E-state index in [0.29, 0.717) is 18.3 Å². The Hall–Kier alpha value is -1.98. The van der Waals surface area contributed by atoms with E-state index in [2.05, 4.69) is 15.5 Å². The summed E-state index contributed by atoms with van der Waals surface area (Å²) in [5.74, 6) is 1.19. The lowest BCUT2D eigenvalue weighted by molar-refractivity contribution is 0.432. The minimum Gasteiger partial charge on any atom is -0.334 e. The van der Waals surface area contributed by atoms with Gasteiger partial charge in [0.25, 0.3) is 5.89 Å². The van der Waals surface area contributed by atoms with Gasteiger partial charge in [0.2, 0.25) is 5.82 Å². The van der Waals surface area contributed by atoms with E-state index in [1.807, 2.05) is 36.6 Å². The van der Waals surface area contributed by atoms with Gasteiger partial charge in [-0.1, -0.05) is 17.3 Å². The van der Waals surface area contributed by atoms with Crippen LogP contribution in [0, 0.1) is 6.92 Å². The predicted octanol–water partition coefficient (Wildman–Crippen LogP) is 3.27. The van der Waals surface area contributed by atoms with E-state index in [9.17, 15) is 0 Å². The van der Waals surface area contributed by atoms with Crippen molar-refractivity contribution in [1.82, 2.24) is 10.1 Å². The smallest absolute Gasteiger partial charge is 0.258 e. The van der Waals surface area contributed by atoms with E-state index >= 15 is 0 Å². The molecule has 2 N–H and O–H groups in total. The van der Waals surface area contributed by atoms with Crippen LogP contribution < -0.4 is 5.73 Å². The number of hydrogen-bond acceptors (Lipinski definition) is 5. The molecule has 20 heavy (non-hydrogen) atoms. The molecule has 0 aliphatic carbocycles. The van der Waals surface area contributed by atoms with Gasteiger partial charge >= 0.3 is 0 Å². The number of hydrogen-bond donors (Lipinski definition) is 1. The topological polar surface area (TPSA) is 64.9 Å². The second-order valence-electron chi connectivity index (χ2n) is 4.63. The van der Waals surface area contributed by atoms with Crippen LogP contribution in [0.4, 0.5) is 0 Å². The minimum absolute atomic E-state index is 0.546. The maximum Gasteiger partial charge on any atom is 0.258 e. The van der Waals surface area contributed by atoms with Gasteiger partial charge in [0.1, 0.15) is 0 Å². The van der Waals surface area contributed by atoms with Crippen molar-refractivity contribution >= 4 is 11.3 Å². The molecular formula is C15H15N3OS. The highest BCUT2D eigenvalue weighted by Gasteiger charge is 2.12. The lowest BCUT2D eigenvalue weighted by Crippen LogP contribution is -2.02. The molecule has 0 saturated carbocycles. The van der Waals surface area contributed by atoms with Crippen LogP contribution in [-0.4, -0.2) is 16.7 Å². The van der Waals surface area contributed by atoms with Crippen molar-refractivity contribution in [3.63, 3.8) is 0 Å². The van der Waals surface area contributed by atoms with Gasteiger partial charge in [-0.2, -0.15) is 16.3 Å². The summed E-state index contributed by atoms with van der Waals surface area (Å²) in [6.45, 7) is 2.70. The van der Waals surface area contributed by atoms with Crippen LogP contribution in [0.2, 0.25) is 0 Å². The number of thiophene rings is 1. The zero-order valence-corrected chi connectivity index (χ0v) is 12.0. The number of benzene rings is 1. The molecule has 0 unspecified atom stereocenters. The molecule has 0 spiro atoms. The van der Waals surface area contributed by atoms with Crippen molar-refractivity contribution < 1.29 is 4.52 Å². The fraction of sp³-hybridized carbons (Fsp3) is 0.200. The maximum absolute atomic E-state index is 5.54. The van der Waals surface area contributed by atoms with Crippen molar-refractivity contribution in [3.05, 3.63) is 46.2 Å². The van der Waals surface area contributed by atoms with E-state index in [4.69, 9.17) is 10.3 Å². The second-order valence-corrected chi connectivity index (χ2v) is 5.37. The average Bonchev–Trinajstić information content (AvgIpc) is 3.08. The first-order valence-corrected chi connectivity index (χ1v) is 7.38. The van der Waals surface area contributed by atoms with Gasteiger partial charge < -0.3 is 10.3 Å². The van der Waals surface area contributed by atoms with E-state index in [0.717, 1.165) is 17.5 Å². The Kier molecular flexibility index (Phi) is 3.62.